The first-order valence-electron chi connectivity index (χ1n) is 0.730. The molecule has 0 N–H and O–H groups in total. The molecule has 0 aromatic carbocycles. The molecule has 0 atom stereocenters. The van der Waals surface area contributed by atoms with Crippen LogP contribution in [-0.4, -0.2) is 37.7 Å². The third kappa shape index (κ3) is 121. The summed E-state index contributed by atoms with van der Waals surface area (Å²) >= 11 is 0. The van der Waals surface area contributed by atoms with Gasteiger partial charge < -0.3 is 19.2 Å². The maximum atomic E-state index is 8.55. The second kappa shape index (κ2) is 5.44. The van der Waals surface area contributed by atoms with Gasteiger partial charge in [0.25, 0.3) is 0 Å². The maximum Gasteiger partial charge on any atom is 3.00 e. The van der Waals surface area contributed by atoms with Crippen molar-refractivity contribution >= 4 is 45.6 Å². The molecular weight excluding hydrogens is 240 g/mol. The van der Waals surface area contributed by atoms with Crippen LogP contribution in [0.1, 0.15) is 0 Å². The molecule has 0 saturated carbocycles. The van der Waals surface area contributed by atoms with Gasteiger partial charge in [-0.25, -0.2) is 0 Å². The molecule has 0 aliphatic heterocycles. The van der Waals surface area contributed by atoms with Crippen molar-refractivity contribution < 1.29 is 19.2 Å². The van der Waals surface area contributed by atoms with Crippen LogP contribution in [0.25, 0.3) is 0 Å². The van der Waals surface area contributed by atoms with Crippen molar-refractivity contribution in [1.82, 2.24) is 0 Å². The molecule has 0 rings (SSSR count). The van der Waals surface area contributed by atoms with Gasteiger partial charge in [0, 0.05) is 18.0 Å². The fourth-order valence-corrected chi connectivity index (χ4v) is 0. The Bertz CT molecular complexity index is 57.8. The molecule has 37 valence electrons. The Kier molecular flexibility index (Phi) is 12.2. The Morgan fingerprint density at radius 2 is 1.14 bits per heavy atom. The zero-order chi connectivity index (χ0) is 4.50. The van der Waals surface area contributed by atoms with E-state index in [2.05, 4.69) is 0 Å². The summed E-state index contributed by atoms with van der Waals surface area (Å²) in [6, 6.07) is 0. The summed E-state index contributed by atoms with van der Waals surface area (Å²) in [7, 11) is -5.39. The minimum Gasteiger partial charge on any atom is -0.822 e. The van der Waals surface area contributed by atoms with Crippen molar-refractivity contribution in [2.75, 3.05) is 0 Å². The van der Waals surface area contributed by atoms with Crippen molar-refractivity contribution in [3.63, 3.8) is 0 Å². The van der Waals surface area contributed by atoms with Crippen LogP contribution in [0, 0.1) is 0 Å². The molecule has 0 aliphatic carbocycles. The van der Waals surface area contributed by atoms with Crippen LogP contribution in [0.4, 0.5) is 0 Å². The molecule has 0 aromatic heterocycles. The van der Waals surface area contributed by atoms with E-state index in [0.717, 1.165) is 0 Å². The van der Waals surface area contributed by atoms with E-state index < -0.39 is 7.82 Å². The molecule has 7 heavy (non-hydrogen) atoms. The van der Waals surface area contributed by atoms with Crippen molar-refractivity contribution in [2.45, 2.75) is 0 Å². The zero-order valence-corrected chi connectivity index (χ0v) is 8.30. The van der Waals surface area contributed by atoms with Gasteiger partial charge in [0.1, 0.15) is 0 Å². The van der Waals surface area contributed by atoms with Crippen LogP contribution in [-0.2, 0) is 4.57 Å². The molecule has 0 aliphatic rings. The molecule has 0 aromatic rings. The predicted molar refractivity (Wildman–Crippen MR) is 19.1 cm³/mol. The smallest absolute Gasteiger partial charge is 0.822 e. The van der Waals surface area contributed by atoms with E-state index in [9.17, 15) is 0 Å². The van der Waals surface area contributed by atoms with Crippen LogP contribution in [0.2, 0.25) is 0 Å². The number of rotatable bonds is 0. The molecule has 0 amide bonds. The van der Waals surface area contributed by atoms with E-state index in [0.29, 0.717) is 0 Å². The SMILES string of the molecule is O=P([O-])([O-])[O-].[As].[Ga+3]. The van der Waals surface area contributed by atoms with Crippen LogP contribution in [0.3, 0.4) is 0 Å². The van der Waals surface area contributed by atoms with Crippen molar-refractivity contribution in [3.05, 3.63) is 0 Å². The Morgan fingerprint density at radius 1 is 1.14 bits per heavy atom. The van der Waals surface area contributed by atoms with E-state index in [1.54, 1.807) is 0 Å². The quantitative estimate of drug-likeness (QED) is 0.323. The van der Waals surface area contributed by atoms with Crippen LogP contribution in [0.15, 0.2) is 0 Å². The normalized spacial score (nSPS) is 8.43. The Labute approximate surface area is 64.9 Å². The van der Waals surface area contributed by atoms with E-state index in [1.807, 2.05) is 0 Å². The largest absolute Gasteiger partial charge is 3.00 e. The number of hydrogen-bond acceptors (Lipinski definition) is 4. The summed E-state index contributed by atoms with van der Waals surface area (Å²) in [6.07, 6.45) is 0. The van der Waals surface area contributed by atoms with Gasteiger partial charge >= 0.3 is 19.8 Å². The van der Waals surface area contributed by atoms with Gasteiger partial charge in [-0.1, -0.05) is 0 Å². The second-order valence-electron chi connectivity index (χ2n) is 0.447. The molecule has 3 radical (unpaired) electrons. The molecule has 7 heteroatoms. The Morgan fingerprint density at radius 3 is 1.14 bits per heavy atom. The second-order valence-corrected chi connectivity index (χ2v) is 1.34. The van der Waals surface area contributed by atoms with E-state index in [4.69, 9.17) is 19.2 Å². The van der Waals surface area contributed by atoms with Gasteiger partial charge in [0.05, 0.1) is 0 Å². The van der Waals surface area contributed by atoms with Gasteiger partial charge in [0.2, 0.25) is 0 Å². The third-order valence-corrected chi connectivity index (χ3v) is 0. The molecule has 0 heterocycles. The van der Waals surface area contributed by atoms with Crippen LogP contribution in [0.5, 0.6) is 0 Å². The van der Waals surface area contributed by atoms with Crippen LogP contribution >= 0.6 is 7.82 Å². The first kappa shape index (κ1) is 15.7. The first-order chi connectivity index (χ1) is 2.00. The summed E-state index contributed by atoms with van der Waals surface area (Å²) in [5.74, 6) is 0. The Balaban J connectivity index is -0.0000000800. The van der Waals surface area contributed by atoms with E-state index >= 15 is 0 Å². The van der Waals surface area contributed by atoms with Gasteiger partial charge in [0.15, 0.2) is 0 Å². The monoisotopic (exact) mass is 239 g/mol. The van der Waals surface area contributed by atoms with Crippen molar-refractivity contribution in [2.24, 2.45) is 0 Å². The minimum absolute atomic E-state index is 0. The number of hydrogen-bond donors (Lipinski definition) is 0. The fraction of sp³-hybridized carbons (Fsp3) is 0. The van der Waals surface area contributed by atoms with Gasteiger partial charge in [-0.2, -0.15) is 7.82 Å². The van der Waals surface area contributed by atoms with E-state index in [-0.39, 0.29) is 37.7 Å². The molecule has 0 spiro atoms. The maximum absolute atomic E-state index is 8.55. The fourth-order valence-electron chi connectivity index (χ4n) is 0. The summed E-state index contributed by atoms with van der Waals surface area (Å²) < 4.78 is 8.55. The number of phosphoric acid groups is 1. The topological polar surface area (TPSA) is 86.2 Å². The molecule has 4 nitrogen and oxygen atoms in total. The average molecular weight is 240 g/mol. The zero-order valence-electron chi connectivity index (χ0n) is 3.10. The first-order valence-corrected chi connectivity index (χ1v) is 2.19. The summed E-state index contributed by atoms with van der Waals surface area (Å²) in [4.78, 5) is 25.6. The molecule has 0 saturated heterocycles. The van der Waals surface area contributed by atoms with Gasteiger partial charge in [-0.15, -0.1) is 0 Å². The molecular formula is AsGaO4P. The van der Waals surface area contributed by atoms with Crippen molar-refractivity contribution in [1.29, 1.82) is 0 Å². The predicted octanol–water partition coefficient (Wildman–Crippen LogP) is -3.59. The minimum atomic E-state index is -5.39. The standard InChI is InChI=1S/As.Ga.H3O4P/c;;1-5(2,3)4/h;;(H3,1,2,3,4)/q;+3;/p-3. The molecule has 0 unspecified atom stereocenters. The summed E-state index contributed by atoms with van der Waals surface area (Å²) in [5, 5.41) is 0. The summed E-state index contributed by atoms with van der Waals surface area (Å²) in [5.41, 5.74) is 0. The average Bonchev–Trinajstić information content (AvgIpc) is 0.722. The van der Waals surface area contributed by atoms with E-state index in [1.165, 1.54) is 0 Å². The third-order valence-electron chi connectivity index (χ3n) is 0. The van der Waals surface area contributed by atoms with Crippen LogP contribution < -0.4 is 14.7 Å². The van der Waals surface area contributed by atoms with Crippen molar-refractivity contribution in [3.8, 4) is 0 Å². The van der Waals surface area contributed by atoms with Gasteiger partial charge in [-0.05, 0) is 0 Å². The summed E-state index contributed by atoms with van der Waals surface area (Å²) in [6.45, 7) is 0. The van der Waals surface area contributed by atoms with Gasteiger partial charge in [-0.3, -0.25) is 0 Å². The molecule has 0 fully saturated rings. The Hall–Kier alpha value is 1.30. The molecule has 0 bridgehead atoms.